The molecule has 0 fully saturated rings. The number of hydrogen-bond acceptors (Lipinski definition) is 2. The predicted octanol–water partition coefficient (Wildman–Crippen LogP) is 3.94. The number of halogens is 1. The van der Waals surface area contributed by atoms with Crippen molar-refractivity contribution in [3.8, 4) is 5.75 Å². The van der Waals surface area contributed by atoms with E-state index in [1.807, 2.05) is 59.3 Å². The minimum atomic E-state index is 0.524. The fourth-order valence-electron chi connectivity index (χ4n) is 2.35. The Morgan fingerprint density at radius 1 is 1.10 bits per heavy atom. The molecule has 0 atom stereocenters. The number of methoxy groups -OCH3 is 1. The van der Waals surface area contributed by atoms with Gasteiger partial charge in [0.1, 0.15) is 11.2 Å². The summed E-state index contributed by atoms with van der Waals surface area (Å²) < 4.78 is 8.14. The van der Waals surface area contributed by atoms with Crippen LogP contribution in [0.25, 0.3) is 10.8 Å². The molecule has 2 aromatic carbocycles. The Hall–Kier alpha value is -2.07. The molecule has 3 rings (SSSR count). The van der Waals surface area contributed by atoms with Gasteiger partial charge in [-0.2, -0.15) is 0 Å². The van der Waals surface area contributed by atoms with Gasteiger partial charge in [0.15, 0.2) is 0 Å². The number of nitrogens with zero attached hydrogens (tertiary/aromatic N) is 1. The number of aromatic nitrogens is 1. The van der Waals surface area contributed by atoms with Crippen molar-refractivity contribution in [2.24, 2.45) is 0 Å². The number of pyridine rings is 1. The molecular formula is C17H15BrN2O. The summed E-state index contributed by atoms with van der Waals surface area (Å²) in [6.07, 6.45) is 1.96. The van der Waals surface area contributed by atoms with E-state index >= 15 is 0 Å². The first kappa shape index (κ1) is 13.9. The number of rotatable bonds is 3. The van der Waals surface area contributed by atoms with Crippen molar-refractivity contribution in [1.82, 2.24) is 4.57 Å². The molecule has 0 aliphatic carbocycles. The molecule has 106 valence electrons. The molecule has 0 bridgehead atoms. The van der Waals surface area contributed by atoms with Crippen molar-refractivity contribution in [1.29, 1.82) is 5.41 Å². The zero-order valence-electron chi connectivity index (χ0n) is 11.6. The summed E-state index contributed by atoms with van der Waals surface area (Å²) in [4.78, 5) is 0. The monoisotopic (exact) mass is 342 g/mol. The lowest BCUT2D eigenvalue weighted by molar-refractivity contribution is 0.414. The van der Waals surface area contributed by atoms with Crippen LogP contribution in [-0.4, -0.2) is 11.7 Å². The smallest absolute Gasteiger partial charge is 0.133 e. The second-order valence-electron chi connectivity index (χ2n) is 4.87. The van der Waals surface area contributed by atoms with E-state index in [1.165, 1.54) is 0 Å². The fourth-order valence-corrected chi connectivity index (χ4v) is 2.72. The van der Waals surface area contributed by atoms with Gasteiger partial charge in [0.05, 0.1) is 7.11 Å². The lowest BCUT2D eigenvalue weighted by Gasteiger charge is -2.10. The van der Waals surface area contributed by atoms with E-state index < -0.39 is 0 Å². The van der Waals surface area contributed by atoms with Crippen LogP contribution in [0, 0.1) is 5.41 Å². The average molecular weight is 343 g/mol. The molecule has 1 N–H and O–H groups in total. The van der Waals surface area contributed by atoms with Gasteiger partial charge in [-0.1, -0.05) is 28.1 Å². The Balaban J connectivity index is 1.98. The Labute approximate surface area is 131 Å². The van der Waals surface area contributed by atoms with Crippen molar-refractivity contribution in [2.45, 2.75) is 6.54 Å². The number of benzene rings is 2. The van der Waals surface area contributed by atoms with Crippen molar-refractivity contribution >= 4 is 26.7 Å². The summed E-state index contributed by atoms with van der Waals surface area (Å²) in [6.45, 7) is 0.675. The topological polar surface area (TPSA) is 38.0 Å². The molecule has 3 aromatic rings. The highest BCUT2D eigenvalue weighted by Gasteiger charge is 2.02. The van der Waals surface area contributed by atoms with Gasteiger partial charge in [-0.25, -0.2) is 0 Å². The van der Waals surface area contributed by atoms with Crippen LogP contribution in [0.4, 0.5) is 0 Å². The van der Waals surface area contributed by atoms with Crippen LogP contribution >= 0.6 is 15.9 Å². The maximum Gasteiger partial charge on any atom is 0.133 e. The molecule has 0 radical (unpaired) electrons. The maximum atomic E-state index is 8.36. The molecule has 1 heterocycles. The van der Waals surface area contributed by atoms with Gasteiger partial charge < -0.3 is 9.30 Å². The van der Waals surface area contributed by atoms with Crippen molar-refractivity contribution in [3.63, 3.8) is 0 Å². The number of ether oxygens (including phenoxy) is 1. The zero-order chi connectivity index (χ0) is 14.8. The first-order valence-corrected chi connectivity index (χ1v) is 7.43. The average Bonchev–Trinajstić information content (AvgIpc) is 2.51. The van der Waals surface area contributed by atoms with Crippen molar-refractivity contribution < 1.29 is 4.74 Å². The zero-order valence-corrected chi connectivity index (χ0v) is 13.2. The van der Waals surface area contributed by atoms with Gasteiger partial charge >= 0.3 is 0 Å². The van der Waals surface area contributed by atoms with E-state index in [0.717, 1.165) is 26.6 Å². The van der Waals surface area contributed by atoms with Crippen LogP contribution in [0.2, 0.25) is 0 Å². The fraction of sp³-hybridized carbons (Fsp3) is 0.118. The van der Waals surface area contributed by atoms with Crippen LogP contribution < -0.4 is 10.2 Å². The molecule has 0 saturated heterocycles. The lowest BCUT2D eigenvalue weighted by atomic mass is 10.1. The highest BCUT2D eigenvalue weighted by atomic mass is 79.9. The van der Waals surface area contributed by atoms with E-state index in [9.17, 15) is 0 Å². The maximum absolute atomic E-state index is 8.36. The van der Waals surface area contributed by atoms with E-state index in [0.29, 0.717) is 12.0 Å². The Morgan fingerprint density at radius 2 is 1.86 bits per heavy atom. The van der Waals surface area contributed by atoms with Gasteiger partial charge in [0, 0.05) is 22.6 Å². The van der Waals surface area contributed by atoms with Gasteiger partial charge in [-0.05, 0) is 47.3 Å². The lowest BCUT2D eigenvalue weighted by Crippen LogP contribution is -2.20. The molecular weight excluding hydrogens is 328 g/mol. The molecule has 3 nitrogen and oxygen atoms in total. The second-order valence-corrected chi connectivity index (χ2v) is 5.79. The molecule has 0 saturated carbocycles. The number of nitrogens with one attached hydrogen (secondary N) is 1. The third-order valence-electron chi connectivity index (χ3n) is 3.50. The van der Waals surface area contributed by atoms with E-state index in [2.05, 4.69) is 15.9 Å². The standard InChI is InChI=1S/C17H15BrN2O/c1-21-15-5-2-12(3-6-15)11-20-9-8-13-10-14(18)4-7-16(13)17(20)19/h2-10,19H,11H2,1H3. The quantitative estimate of drug-likeness (QED) is 0.769. The third kappa shape index (κ3) is 2.85. The molecule has 0 spiro atoms. The van der Waals surface area contributed by atoms with Crippen molar-refractivity contribution in [3.05, 3.63) is 70.3 Å². The van der Waals surface area contributed by atoms with Gasteiger partial charge in [-0.3, -0.25) is 5.41 Å². The summed E-state index contributed by atoms with van der Waals surface area (Å²) in [5.74, 6) is 0.846. The van der Waals surface area contributed by atoms with E-state index in [1.54, 1.807) is 7.11 Å². The minimum Gasteiger partial charge on any atom is -0.497 e. The van der Waals surface area contributed by atoms with Gasteiger partial charge in [0.2, 0.25) is 0 Å². The molecule has 1 aromatic heterocycles. The van der Waals surface area contributed by atoms with Crippen LogP contribution in [0.3, 0.4) is 0 Å². The van der Waals surface area contributed by atoms with Gasteiger partial charge in [-0.15, -0.1) is 0 Å². The number of fused-ring (bicyclic) bond motifs is 1. The van der Waals surface area contributed by atoms with E-state index in [-0.39, 0.29) is 0 Å². The molecule has 0 aliphatic rings. The SMILES string of the molecule is COc1ccc(Cn2ccc3cc(Br)ccc3c2=N)cc1. The summed E-state index contributed by atoms with van der Waals surface area (Å²) >= 11 is 3.46. The summed E-state index contributed by atoms with van der Waals surface area (Å²) in [5, 5.41) is 10.4. The Kier molecular flexibility index (Phi) is 3.80. The third-order valence-corrected chi connectivity index (χ3v) is 4.00. The largest absolute Gasteiger partial charge is 0.497 e. The Morgan fingerprint density at radius 3 is 2.57 bits per heavy atom. The predicted molar refractivity (Wildman–Crippen MR) is 87.6 cm³/mol. The summed E-state index contributed by atoms with van der Waals surface area (Å²) in [7, 11) is 1.66. The minimum absolute atomic E-state index is 0.524. The normalized spacial score (nSPS) is 10.8. The molecule has 21 heavy (non-hydrogen) atoms. The van der Waals surface area contributed by atoms with Gasteiger partial charge in [0.25, 0.3) is 0 Å². The Bertz CT molecular complexity index is 838. The van der Waals surface area contributed by atoms with Crippen molar-refractivity contribution in [2.75, 3.05) is 7.11 Å². The summed E-state index contributed by atoms with van der Waals surface area (Å²) in [6, 6.07) is 16.0. The summed E-state index contributed by atoms with van der Waals surface area (Å²) in [5.41, 5.74) is 1.67. The molecule has 0 amide bonds. The van der Waals surface area contributed by atoms with E-state index in [4.69, 9.17) is 10.1 Å². The first-order valence-electron chi connectivity index (χ1n) is 6.63. The van der Waals surface area contributed by atoms with Crippen LogP contribution in [0.1, 0.15) is 5.56 Å². The highest BCUT2D eigenvalue weighted by molar-refractivity contribution is 9.10. The highest BCUT2D eigenvalue weighted by Crippen LogP contribution is 2.17. The molecule has 4 heteroatoms. The van der Waals surface area contributed by atoms with Crippen LogP contribution in [-0.2, 0) is 6.54 Å². The van der Waals surface area contributed by atoms with Crippen LogP contribution in [0.5, 0.6) is 5.75 Å². The molecule has 0 unspecified atom stereocenters. The first-order chi connectivity index (χ1) is 10.2. The number of hydrogen-bond donors (Lipinski definition) is 1. The van der Waals surface area contributed by atoms with Crippen LogP contribution in [0.15, 0.2) is 59.2 Å². The molecule has 0 aliphatic heterocycles. The second kappa shape index (κ2) is 5.74.